The van der Waals surface area contributed by atoms with Crippen molar-refractivity contribution in [3.8, 4) is 17.1 Å². The van der Waals surface area contributed by atoms with Gasteiger partial charge in [-0.15, -0.1) is 0 Å². The maximum absolute atomic E-state index is 12.5. The zero-order valence-corrected chi connectivity index (χ0v) is 15.2. The molecule has 8 nitrogen and oxygen atoms in total. The highest BCUT2D eigenvalue weighted by Crippen LogP contribution is 2.23. The quantitative estimate of drug-likeness (QED) is 0.628. The molecule has 3 rings (SSSR count). The van der Waals surface area contributed by atoms with Crippen molar-refractivity contribution in [2.24, 2.45) is 0 Å². The van der Waals surface area contributed by atoms with E-state index in [9.17, 15) is 9.59 Å². The summed E-state index contributed by atoms with van der Waals surface area (Å²) < 4.78 is 4.99. The van der Waals surface area contributed by atoms with E-state index in [2.05, 4.69) is 20.6 Å². The molecule has 0 spiro atoms. The topological polar surface area (TPSA) is 119 Å². The number of nitrogen functional groups attached to an aromatic ring is 1. The first-order chi connectivity index (χ1) is 13.6. The SMILES string of the molecule is CNC(=O)Oc1nc(-c2cccc(C(=O)NCc3ccccc3)c2)cnc1N. The van der Waals surface area contributed by atoms with Crippen LogP contribution in [0.5, 0.6) is 5.88 Å². The molecule has 0 saturated heterocycles. The van der Waals surface area contributed by atoms with Crippen LogP contribution in [-0.2, 0) is 6.54 Å². The third-order valence-electron chi connectivity index (χ3n) is 3.88. The van der Waals surface area contributed by atoms with Gasteiger partial charge in [-0.1, -0.05) is 42.5 Å². The van der Waals surface area contributed by atoms with E-state index in [1.54, 1.807) is 24.3 Å². The highest BCUT2D eigenvalue weighted by molar-refractivity contribution is 5.95. The molecule has 28 heavy (non-hydrogen) atoms. The second kappa shape index (κ2) is 8.63. The number of hydrogen-bond donors (Lipinski definition) is 3. The van der Waals surface area contributed by atoms with Crippen LogP contribution in [0.3, 0.4) is 0 Å². The van der Waals surface area contributed by atoms with Gasteiger partial charge in [0.1, 0.15) is 0 Å². The minimum Gasteiger partial charge on any atom is -0.387 e. The summed E-state index contributed by atoms with van der Waals surface area (Å²) in [5, 5.41) is 5.19. The molecule has 3 aromatic rings. The van der Waals surface area contributed by atoms with E-state index in [-0.39, 0.29) is 17.6 Å². The second-order valence-electron chi connectivity index (χ2n) is 5.83. The Morgan fingerprint density at radius 2 is 1.89 bits per heavy atom. The lowest BCUT2D eigenvalue weighted by molar-refractivity contribution is 0.0951. The summed E-state index contributed by atoms with van der Waals surface area (Å²) >= 11 is 0. The Kier molecular flexibility index (Phi) is 5.81. The number of anilines is 1. The molecule has 4 N–H and O–H groups in total. The van der Waals surface area contributed by atoms with E-state index in [1.165, 1.54) is 13.2 Å². The van der Waals surface area contributed by atoms with E-state index in [4.69, 9.17) is 10.5 Å². The van der Waals surface area contributed by atoms with Gasteiger partial charge in [0.25, 0.3) is 11.8 Å². The van der Waals surface area contributed by atoms with Crippen molar-refractivity contribution in [2.75, 3.05) is 12.8 Å². The molecular weight excluding hydrogens is 358 g/mol. The molecule has 2 aromatic carbocycles. The lowest BCUT2D eigenvalue weighted by Gasteiger charge is -2.09. The lowest BCUT2D eigenvalue weighted by atomic mass is 10.1. The lowest BCUT2D eigenvalue weighted by Crippen LogP contribution is -2.23. The van der Waals surface area contributed by atoms with Crippen LogP contribution in [0.15, 0.2) is 60.8 Å². The van der Waals surface area contributed by atoms with Crippen LogP contribution in [0, 0.1) is 0 Å². The normalized spacial score (nSPS) is 10.2. The van der Waals surface area contributed by atoms with Gasteiger partial charge in [0.2, 0.25) is 0 Å². The molecule has 0 bridgehead atoms. The molecule has 0 saturated carbocycles. The smallest absolute Gasteiger partial charge is 0.387 e. The third-order valence-corrected chi connectivity index (χ3v) is 3.88. The molecule has 0 fully saturated rings. The largest absolute Gasteiger partial charge is 0.413 e. The number of carbonyl (C=O) groups is 2. The predicted octanol–water partition coefficient (Wildman–Crippen LogP) is 2.37. The maximum Gasteiger partial charge on any atom is 0.413 e. The van der Waals surface area contributed by atoms with Crippen LogP contribution < -0.4 is 21.1 Å². The van der Waals surface area contributed by atoms with Crippen molar-refractivity contribution in [1.29, 1.82) is 0 Å². The first kappa shape index (κ1) is 18.8. The number of carbonyl (C=O) groups excluding carboxylic acids is 2. The van der Waals surface area contributed by atoms with Gasteiger partial charge in [0.05, 0.1) is 11.9 Å². The molecule has 8 heteroatoms. The van der Waals surface area contributed by atoms with E-state index in [1.807, 2.05) is 30.3 Å². The maximum atomic E-state index is 12.5. The second-order valence-corrected chi connectivity index (χ2v) is 5.83. The van der Waals surface area contributed by atoms with Crippen molar-refractivity contribution in [3.05, 3.63) is 71.9 Å². The van der Waals surface area contributed by atoms with Gasteiger partial charge in [-0.3, -0.25) is 4.79 Å². The van der Waals surface area contributed by atoms with E-state index in [0.717, 1.165) is 5.56 Å². The van der Waals surface area contributed by atoms with Crippen LogP contribution in [0.25, 0.3) is 11.3 Å². The average Bonchev–Trinajstić information content (AvgIpc) is 2.74. The zero-order valence-electron chi connectivity index (χ0n) is 15.2. The number of nitrogens with zero attached hydrogens (tertiary/aromatic N) is 2. The molecule has 0 atom stereocenters. The Labute approximate surface area is 161 Å². The minimum absolute atomic E-state index is 0.0101. The van der Waals surface area contributed by atoms with Crippen molar-refractivity contribution in [1.82, 2.24) is 20.6 Å². The van der Waals surface area contributed by atoms with E-state index < -0.39 is 6.09 Å². The Morgan fingerprint density at radius 1 is 1.11 bits per heavy atom. The van der Waals surface area contributed by atoms with Gasteiger partial charge < -0.3 is 21.1 Å². The number of nitrogens with one attached hydrogen (secondary N) is 2. The number of rotatable bonds is 5. The Balaban J connectivity index is 1.78. The first-order valence-electron chi connectivity index (χ1n) is 8.51. The molecule has 1 aromatic heterocycles. The summed E-state index contributed by atoms with van der Waals surface area (Å²) in [7, 11) is 1.42. The first-order valence-corrected chi connectivity index (χ1v) is 8.51. The third kappa shape index (κ3) is 4.61. The highest BCUT2D eigenvalue weighted by atomic mass is 16.6. The standard InChI is InChI=1S/C20H19N5O3/c1-22-20(27)28-19-17(21)23-12-16(25-19)14-8-5-9-15(10-14)18(26)24-11-13-6-3-2-4-7-13/h2-10,12H,11H2,1H3,(H2,21,23)(H,22,27)(H,24,26). The number of amides is 2. The van der Waals surface area contributed by atoms with Gasteiger partial charge in [0.15, 0.2) is 5.82 Å². The molecular formula is C20H19N5O3. The summed E-state index contributed by atoms with van der Waals surface area (Å²) in [6.45, 7) is 0.426. The fourth-order valence-electron chi connectivity index (χ4n) is 2.43. The van der Waals surface area contributed by atoms with E-state index in [0.29, 0.717) is 23.4 Å². The summed E-state index contributed by atoms with van der Waals surface area (Å²) in [5.74, 6) is -0.323. The van der Waals surface area contributed by atoms with Gasteiger partial charge in [-0.25, -0.2) is 14.8 Å². The summed E-state index contributed by atoms with van der Waals surface area (Å²) in [6.07, 6.45) is 0.750. The zero-order chi connectivity index (χ0) is 19.9. The monoisotopic (exact) mass is 377 g/mol. The molecule has 2 amide bonds. The average molecular weight is 377 g/mol. The Bertz CT molecular complexity index is 992. The van der Waals surface area contributed by atoms with Gasteiger partial charge in [0, 0.05) is 24.7 Å². The molecule has 0 aliphatic heterocycles. The Hall–Kier alpha value is -3.94. The Morgan fingerprint density at radius 3 is 2.64 bits per heavy atom. The van der Waals surface area contributed by atoms with Crippen LogP contribution in [0.4, 0.5) is 10.6 Å². The summed E-state index contributed by atoms with van der Waals surface area (Å²) in [5.41, 5.74) is 8.24. The number of ether oxygens (including phenoxy) is 1. The van der Waals surface area contributed by atoms with Crippen molar-refractivity contribution >= 4 is 17.8 Å². The fraction of sp³-hybridized carbons (Fsp3) is 0.100. The molecule has 0 aliphatic rings. The minimum atomic E-state index is -0.702. The molecule has 0 radical (unpaired) electrons. The molecule has 0 unspecified atom stereocenters. The number of nitrogens with two attached hydrogens (primary N) is 1. The molecule has 1 heterocycles. The van der Waals surface area contributed by atoms with Crippen molar-refractivity contribution in [2.45, 2.75) is 6.54 Å². The number of hydrogen-bond acceptors (Lipinski definition) is 6. The van der Waals surface area contributed by atoms with E-state index >= 15 is 0 Å². The summed E-state index contributed by atoms with van der Waals surface area (Å²) in [6, 6.07) is 16.5. The van der Waals surface area contributed by atoms with Crippen molar-refractivity contribution < 1.29 is 14.3 Å². The van der Waals surface area contributed by atoms with Crippen LogP contribution in [0.2, 0.25) is 0 Å². The highest BCUT2D eigenvalue weighted by Gasteiger charge is 2.13. The molecule has 0 aliphatic carbocycles. The molecule has 142 valence electrons. The number of benzene rings is 2. The summed E-state index contributed by atoms with van der Waals surface area (Å²) in [4.78, 5) is 32.1. The van der Waals surface area contributed by atoms with Crippen LogP contribution in [0.1, 0.15) is 15.9 Å². The van der Waals surface area contributed by atoms with Gasteiger partial charge in [-0.2, -0.15) is 0 Å². The van der Waals surface area contributed by atoms with Crippen LogP contribution >= 0.6 is 0 Å². The van der Waals surface area contributed by atoms with Crippen molar-refractivity contribution in [3.63, 3.8) is 0 Å². The fourth-order valence-corrected chi connectivity index (χ4v) is 2.43. The number of aromatic nitrogens is 2. The predicted molar refractivity (Wildman–Crippen MR) is 105 cm³/mol. The van der Waals surface area contributed by atoms with Gasteiger partial charge in [-0.05, 0) is 17.7 Å². The van der Waals surface area contributed by atoms with Gasteiger partial charge >= 0.3 is 6.09 Å². The van der Waals surface area contributed by atoms with Crippen LogP contribution in [-0.4, -0.2) is 29.0 Å².